The highest BCUT2D eigenvalue weighted by atomic mass is 19.1. The predicted molar refractivity (Wildman–Crippen MR) is 115 cm³/mol. The molecule has 0 saturated carbocycles. The molecule has 3 aromatic heterocycles. The summed E-state index contributed by atoms with van der Waals surface area (Å²) in [5.41, 5.74) is 4.69. The Labute approximate surface area is 178 Å². The maximum Gasteiger partial charge on any atom is 0.159 e. The maximum absolute atomic E-state index is 13.4. The van der Waals surface area contributed by atoms with Gasteiger partial charge < -0.3 is 5.32 Å². The van der Waals surface area contributed by atoms with E-state index in [2.05, 4.69) is 25.5 Å². The lowest BCUT2D eigenvalue weighted by Crippen LogP contribution is -2.05. The van der Waals surface area contributed by atoms with Gasteiger partial charge in [0.15, 0.2) is 17.9 Å². The van der Waals surface area contributed by atoms with E-state index in [0.29, 0.717) is 34.4 Å². The molecule has 4 rings (SSSR count). The molecule has 158 valence electrons. The number of carbonyl (C=O) groups excluding carboxylic acids is 1. The number of rotatable bonds is 6. The van der Waals surface area contributed by atoms with E-state index in [1.54, 1.807) is 34.5 Å². The molecule has 8 nitrogen and oxygen atoms in total. The summed E-state index contributed by atoms with van der Waals surface area (Å²) in [6.45, 7) is 5.64. The summed E-state index contributed by atoms with van der Waals surface area (Å²) in [6.07, 6.45) is 2.96. The normalized spacial score (nSPS) is 11.0. The number of aryl methyl sites for hydroxylation is 2. The van der Waals surface area contributed by atoms with Gasteiger partial charge in [-0.15, -0.1) is 0 Å². The van der Waals surface area contributed by atoms with Crippen molar-refractivity contribution in [2.24, 2.45) is 7.05 Å². The number of nitrogens with one attached hydrogen (secondary N) is 1. The molecule has 1 N–H and O–H groups in total. The third-order valence-electron chi connectivity index (χ3n) is 5.20. The van der Waals surface area contributed by atoms with E-state index >= 15 is 0 Å². The monoisotopic (exact) mass is 419 g/mol. The smallest absolute Gasteiger partial charge is 0.159 e. The maximum atomic E-state index is 13.4. The molecule has 0 radical (unpaired) electrons. The van der Waals surface area contributed by atoms with Crippen LogP contribution in [0.3, 0.4) is 0 Å². The Hall–Kier alpha value is -3.88. The van der Waals surface area contributed by atoms with Crippen LogP contribution in [-0.2, 0) is 13.5 Å². The average molecular weight is 419 g/mol. The number of aromatic nitrogens is 6. The minimum absolute atomic E-state index is 0.280. The highest BCUT2D eigenvalue weighted by Crippen LogP contribution is 2.31. The lowest BCUT2D eigenvalue weighted by molar-refractivity contribution is 0.112. The Morgan fingerprint density at radius 3 is 2.52 bits per heavy atom. The fourth-order valence-corrected chi connectivity index (χ4v) is 3.67. The minimum atomic E-state index is -0.280. The Balaban J connectivity index is 1.71. The summed E-state index contributed by atoms with van der Waals surface area (Å²) in [6, 6.07) is 8.11. The lowest BCUT2D eigenvalue weighted by Gasteiger charge is -2.08. The Morgan fingerprint density at radius 1 is 1.13 bits per heavy atom. The standard InChI is InChI=1S/C22H22FN7O/c1-5-17-21(15-6-8-16(23)9-7-15)29(4)28-22(17)26-19-10-20(25-12-24-19)30-14(3)18(11-31)13(2)27-30/h6-12H,5H2,1-4H3,(H,24,25,26,28). The van der Waals surface area contributed by atoms with Crippen LogP contribution in [0.25, 0.3) is 17.1 Å². The number of anilines is 2. The van der Waals surface area contributed by atoms with E-state index in [1.165, 1.54) is 18.5 Å². The van der Waals surface area contributed by atoms with E-state index in [1.807, 2.05) is 20.9 Å². The molecule has 4 aromatic rings. The van der Waals surface area contributed by atoms with Crippen molar-refractivity contribution in [2.45, 2.75) is 27.2 Å². The fourth-order valence-electron chi connectivity index (χ4n) is 3.67. The SMILES string of the molecule is CCc1c(Nc2cc(-n3nc(C)c(C=O)c3C)ncn2)nn(C)c1-c1ccc(F)cc1. The summed E-state index contributed by atoms with van der Waals surface area (Å²) >= 11 is 0. The second-order valence-corrected chi connectivity index (χ2v) is 7.16. The van der Waals surface area contributed by atoms with Crippen molar-refractivity contribution < 1.29 is 9.18 Å². The van der Waals surface area contributed by atoms with Gasteiger partial charge in [0.25, 0.3) is 0 Å². The molecule has 0 unspecified atom stereocenters. The van der Waals surface area contributed by atoms with Crippen LogP contribution in [0.1, 0.15) is 34.2 Å². The first-order valence-electron chi connectivity index (χ1n) is 9.85. The molecule has 0 aliphatic rings. The van der Waals surface area contributed by atoms with E-state index in [9.17, 15) is 9.18 Å². The highest BCUT2D eigenvalue weighted by Gasteiger charge is 2.18. The summed E-state index contributed by atoms with van der Waals surface area (Å²) < 4.78 is 16.7. The largest absolute Gasteiger partial charge is 0.323 e. The van der Waals surface area contributed by atoms with Gasteiger partial charge in [0.2, 0.25) is 0 Å². The molecule has 0 fully saturated rings. The number of aldehydes is 1. The molecule has 0 atom stereocenters. The van der Waals surface area contributed by atoms with Crippen molar-refractivity contribution >= 4 is 17.9 Å². The van der Waals surface area contributed by atoms with Crippen molar-refractivity contribution in [1.29, 1.82) is 0 Å². The van der Waals surface area contributed by atoms with E-state index in [4.69, 9.17) is 0 Å². The van der Waals surface area contributed by atoms with Crippen molar-refractivity contribution in [2.75, 3.05) is 5.32 Å². The van der Waals surface area contributed by atoms with Crippen LogP contribution >= 0.6 is 0 Å². The van der Waals surface area contributed by atoms with Crippen LogP contribution in [0, 0.1) is 19.7 Å². The van der Waals surface area contributed by atoms with Gasteiger partial charge >= 0.3 is 0 Å². The molecular weight excluding hydrogens is 397 g/mol. The van der Waals surface area contributed by atoms with Crippen LogP contribution in [0.4, 0.5) is 16.0 Å². The van der Waals surface area contributed by atoms with Gasteiger partial charge in [-0.2, -0.15) is 10.2 Å². The van der Waals surface area contributed by atoms with E-state index in [0.717, 1.165) is 29.5 Å². The zero-order valence-corrected chi connectivity index (χ0v) is 17.7. The quantitative estimate of drug-likeness (QED) is 0.476. The summed E-state index contributed by atoms with van der Waals surface area (Å²) in [5, 5.41) is 12.3. The number of carbonyl (C=O) groups is 1. The Kier molecular flexibility index (Phi) is 5.33. The number of halogens is 1. The molecule has 0 aliphatic heterocycles. The van der Waals surface area contributed by atoms with Crippen molar-refractivity contribution in [3.63, 3.8) is 0 Å². The van der Waals surface area contributed by atoms with Gasteiger partial charge in [-0.05, 0) is 44.5 Å². The molecule has 0 amide bonds. The van der Waals surface area contributed by atoms with Crippen molar-refractivity contribution in [3.8, 4) is 17.1 Å². The Bertz CT molecular complexity index is 1260. The van der Waals surface area contributed by atoms with E-state index in [-0.39, 0.29) is 5.82 Å². The molecule has 9 heteroatoms. The molecule has 3 heterocycles. The van der Waals surface area contributed by atoms with Gasteiger partial charge in [0.05, 0.1) is 22.6 Å². The molecule has 1 aromatic carbocycles. The predicted octanol–water partition coefficient (Wildman–Crippen LogP) is 3.94. The van der Waals surface area contributed by atoms with Gasteiger partial charge in [-0.3, -0.25) is 9.48 Å². The minimum Gasteiger partial charge on any atom is -0.323 e. The molecule has 0 spiro atoms. The number of hydrogen-bond donors (Lipinski definition) is 1. The van der Waals surface area contributed by atoms with Gasteiger partial charge in [-0.25, -0.2) is 19.0 Å². The van der Waals surface area contributed by atoms with E-state index < -0.39 is 0 Å². The van der Waals surface area contributed by atoms with Crippen molar-refractivity contribution in [1.82, 2.24) is 29.5 Å². The second kappa shape index (κ2) is 8.10. The van der Waals surface area contributed by atoms with Crippen molar-refractivity contribution in [3.05, 3.63) is 65.0 Å². The van der Waals surface area contributed by atoms with Gasteiger partial charge in [-0.1, -0.05) is 6.92 Å². The first-order chi connectivity index (χ1) is 14.9. The summed E-state index contributed by atoms with van der Waals surface area (Å²) in [7, 11) is 1.85. The first-order valence-corrected chi connectivity index (χ1v) is 9.85. The summed E-state index contributed by atoms with van der Waals surface area (Å²) in [5.74, 6) is 1.47. The molecule has 0 aliphatic carbocycles. The van der Waals surface area contributed by atoms with Gasteiger partial charge in [0, 0.05) is 24.2 Å². The molecular formula is C22H22FN7O. The third-order valence-corrected chi connectivity index (χ3v) is 5.20. The highest BCUT2D eigenvalue weighted by molar-refractivity contribution is 5.78. The van der Waals surface area contributed by atoms with Crippen LogP contribution in [-0.4, -0.2) is 35.8 Å². The topological polar surface area (TPSA) is 90.5 Å². The first kappa shape index (κ1) is 20.4. The molecule has 0 saturated heterocycles. The average Bonchev–Trinajstić information content (AvgIpc) is 3.23. The number of hydrogen-bond acceptors (Lipinski definition) is 6. The summed E-state index contributed by atoms with van der Waals surface area (Å²) in [4.78, 5) is 19.9. The second-order valence-electron chi connectivity index (χ2n) is 7.16. The zero-order valence-electron chi connectivity index (χ0n) is 17.7. The lowest BCUT2D eigenvalue weighted by atomic mass is 10.1. The molecule has 31 heavy (non-hydrogen) atoms. The molecule has 0 bridgehead atoms. The van der Waals surface area contributed by atoms with Crippen LogP contribution < -0.4 is 5.32 Å². The van der Waals surface area contributed by atoms with Crippen LogP contribution in [0.2, 0.25) is 0 Å². The number of benzene rings is 1. The van der Waals surface area contributed by atoms with Crippen LogP contribution in [0.5, 0.6) is 0 Å². The van der Waals surface area contributed by atoms with Crippen LogP contribution in [0.15, 0.2) is 36.7 Å². The fraction of sp³-hybridized carbons (Fsp3) is 0.227. The third kappa shape index (κ3) is 3.70. The zero-order chi connectivity index (χ0) is 22.1. The number of nitrogens with zero attached hydrogens (tertiary/aromatic N) is 6. The Morgan fingerprint density at radius 2 is 1.87 bits per heavy atom. The van der Waals surface area contributed by atoms with Gasteiger partial charge in [0.1, 0.15) is 18.0 Å².